The van der Waals surface area contributed by atoms with Gasteiger partial charge in [-0.3, -0.25) is 9.67 Å². The molecule has 2 heterocycles. The first-order chi connectivity index (χ1) is 11.3. The van der Waals surface area contributed by atoms with E-state index in [1.54, 1.807) is 29.5 Å². The molecular formula is C17H17N5O. The van der Waals surface area contributed by atoms with Crippen molar-refractivity contribution in [2.24, 2.45) is 0 Å². The molecule has 2 amide bonds. The van der Waals surface area contributed by atoms with E-state index in [4.69, 9.17) is 0 Å². The summed E-state index contributed by atoms with van der Waals surface area (Å²) in [5, 5.41) is 9.81. The summed E-state index contributed by atoms with van der Waals surface area (Å²) in [5.41, 5.74) is 2.81. The third-order valence-corrected chi connectivity index (χ3v) is 3.28. The summed E-state index contributed by atoms with van der Waals surface area (Å²) < 4.78 is 1.79. The largest absolute Gasteiger partial charge is 0.334 e. The molecule has 0 saturated heterocycles. The Hall–Kier alpha value is -3.15. The van der Waals surface area contributed by atoms with Gasteiger partial charge in [-0.25, -0.2) is 4.79 Å². The number of aromatic nitrogens is 3. The summed E-state index contributed by atoms with van der Waals surface area (Å²) in [6, 6.07) is 13.5. The lowest BCUT2D eigenvalue weighted by Gasteiger charge is -2.05. The summed E-state index contributed by atoms with van der Waals surface area (Å²) in [7, 11) is 0. The number of amides is 2. The number of nitrogens with zero attached hydrogens (tertiary/aromatic N) is 3. The van der Waals surface area contributed by atoms with Crippen LogP contribution in [-0.2, 0) is 13.1 Å². The summed E-state index contributed by atoms with van der Waals surface area (Å²) in [4.78, 5) is 15.8. The van der Waals surface area contributed by atoms with Gasteiger partial charge in [0.15, 0.2) is 0 Å². The Morgan fingerprint density at radius 2 is 1.83 bits per heavy atom. The zero-order chi connectivity index (χ0) is 15.9. The van der Waals surface area contributed by atoms with Crippen LogP contribution in [0.5, 0.6) is 0 Å². The minimum atomic E-state index is -0.263. The van der Waals surface area contributed by atoms with Gasteiger partial charge in [-0.2, -0.15) is 5.10 Å². The molecule has 0 aliphatic carbocycles. The number of pyridine rings is 1. The summed E-state index contributed by atoms with van der Waals surface area (Å²) in [6.45, 7) is 1.12. The number of hydrogen-bond donors (Lipinski definition) is 2. The van der Waals surface area contributed by atoms with Crippen molar-refractivity contribution in [2.45, 2.75) is 13.1 Å². The van der Waals surface area contributed by atoms with Crippen LogP contribution in [0.2, 0.25) is 0 Å². The van der Waals surface area contributed by atoms with Gasteiger partial charge in [0.25, 0.3) is 0 Å². The molecule has 0 spiro atoms. The molecular weight excluding hydrogens is 290 g/mol. The highest BCUT2D eigenvalue weighted by Gasteiger charge is 2.04. The van der Waals surface area contributed by atoms with Crippen molar-refractivity contribution in [1.82, 2.24) is 20.1 Å². The molecule has 3 aromatic rings. The first kappa shape index (κ1) is 14.8. The van der Waals surface area contributed by atoms with Gasteiger partial charge in [0.1, 0.15) is 0 Å². The van der Waals surface area contributed by atoms with Crippen LogP contribution in [0.4, 0.5) is 10.5 Å². The van der Waals surface area contributed by atoms with Gasteiger partial charge < -0.3 is 10.6 Å². The lowest BCUT2D eigenvalue weighted by atomic mass is 10.2. The van der Waals surface area contributed by atoms with Crippen LogP contribution in [-0.4, -0.2) is 20.8 Å². The van der Waals surface area contributed by atoms with Crippen molar-refractivity contribution in [3.05, 3.63) is 78.4 Å². The quantitative estimate of drug-likeness (QED) is 0.761. The predicted octanol–water partition coefficient (Wildman–Crippen LogP) is 2.65. The molecule has 2 N–H and O–H groups in total. The van der Waals surface area contributed by atoms with Gasteiger partial charge in [-0.05, 0) is 23.3 Å². The monoisotopic (exact) mass is 307 g/mol. The van der Waals surface area contributed by atoms with Crippen LogP contribution in [0, 0.1) is 0 Å². The van der Waals surface area contributed by atoms with Gasteiger partial charge in [0, 0.05) is 25.1 Å². The number of carbonyl (C=O) groups excluding carboxylic acids is 1. The van der Waals surface area contributed by atoms with E-state index in [0.717, 1.165) is 11.1 Å². The van der Waals surface area contributed by atoms with E-state index in [0.29, 0.717) is 18.8 Å². The molecule has 0 atom stereocenters. The van der Waals surface area contributed by atoms with Crippen molar-refractivity contribution >= 4 is 11.7 Å². The van der Waals surface area contributed by atoms with E-state index in [-0.39, 0.29) is 6.03 Å². The van der Waals surface area contributed by atoms with E-state index in [2.05, 4.69) is 20.7 Å². The first-order valence-electron chi connectivity index (χ1n) is 7.30. The molecule has 2 aromatic heterocycles. The summed E-state index contributed by atoms with van der Waals surface area (Å²) in [5.74, 6) is 0. The highest BCUT2D eigenvalue weighted by molar-refractivity contribution is 5.88. The molecule has 0 radical (unpaired) electrons. The van der Waals surface area contributed by atoms with Gasteiger partial charge in [0.05, 0.1) is 18.4 Å². The first-order valence-corrected chi connectivity index (χ1v) is 7.30. The highest BCUT2D eigenvalue weighted by Crippen LogP contribution is 2.08. The van der Waals surface area contributed by atoms with E-state index >= 15 is 0 Å². The normalized spacial score (nSPS) is 10.3. The van der Waals surface area contributed by atoms with Crippen LogP contribution < -0.4 is 10.6 Å². The van der Waals surface area contributed by atoms with Gasteiger partial charge in [-0.15, -0.1) is 0 Å². The third kappa shape index (κ3) is 4.41. The Kier molecular flexibility index (Phi) is 4.63. The maximum absolute atomic E-state index is 11.9. The second-order valence-corrected chi connectivity index (χ2v) is 5.08. The Morgan fingerprint density at radius 3 is 2.61 bits per heavy atom. The van der Waals surface area contributed by atoms with Crippen LogP contribution in [0.3, 0.4) is 0 Å². The van der Waals surface area contributed by atoms with E-state index in [1.165, 1.54) is 0 Å². The smallest absolute Gasteiger partial charge is 0.319 e. The fourth-order valence-electron chi connectivity index (χ4n) is 2.14. The number of urea groups is 1. The zero-order valence-corrected chi connectivity index (χ0v) is 12.5. The molecule has 0 aliphatic heterocycles. The Balaban J connectivity index is 1.51. The van der Waals surface area contributed by atoms with Crippen LogP contribution in [0.25, 0.3) is 0 Å². The number of anilines is 1. The number of nitrogens with one attached hydrogen (secondary N) is 2. The molecule has 0 aliphatic rings. The number of rotatable bonds is 5. The fourth-order valence-corrected chi connectivity index (χ4v) is 2.14. The Morgan fingerprint density at radius 1 is 1.04 bits per heavy atom. The highest BCUT2D eigenvalue weighted by atomic mass is 16.2. The molecule has 6 nitrogen and oxygen atoms in total. The molecule has 0 bridgehead atoms. The lowest BCUT2D eigenvalue weighted by molar-refractivity contribution is 0.251. The van der Waals surface area contributed by atoms with Gasteiger partial charge in [0.2, 0.25) is 0 Å². The van der Waals surface area contributed by atoms with Gasteiger partial charge >= 0.3 is 6.03 Å². The predicted molar refractivity (Wildman–Crippen MR) is 87.9 cm³/mol. The van der Waals surface area contributed by atoms with Crippen molar-refractivity contribution in [2.75, 3.05) is 5.32 Å². The van der Waals surface area contributed by atoms with Crippen molar-refractivity contribution in [1.29, 1.82) is 0 Å². The number of carbonyl (C=O) groups is 1. The van der Waals surface area contributed by atoms with Crippen LogP contribution in [0.15, 0.2) is 67.3 Å². The molecule has 3 rings (SSSR count). The van der Waals surface area contributed by atoms with Crippen LogP contribution >= 0.6 is 0 Å². The average molecular weight is 307 g/mol. The number of hydrogen-bond acceptors (Lipinski definition) is 3. The lowest BCUT2D eigenvalue weighted by Crippen LogP contribution is -2.28. The van der Waals surface area contributed by atoms with E-state index in [9.17, 15) is 4.79 Å². The van der Waals surface area contributed by atoms with Gasteiger partial charge in [-0.1, -0.05) is 30.3 Å². The summed E-state index contributed by atoms with van der Waals surface area (Å²) >= 11 is 0. The molecule has 1 aromatic carbocycles. The molecule has 23 heavy (non-hydrogen) atoms. The van der Waals surface area contributed by atoms with Crippen molar-refractivity contribution in [3.8, 4) is 0 Å². The number of benzene rings is 1. The fraction of sp³-hybridized carbons (Fsp3) is 0.118. The van der Waals surface area contributed by atoms with Crippen molar-refractivity contribution < 1.29 is 4.79 Å². The second-order valence-electron chi connectivity index (χ2n) is 5.08. The maximum Gasteiger partial charge on any atom is 0.319 e. The molecule has 116 valence electrons. The zero-order valence-electron chi connectivity index (χ0n) is 12.5. The standard InChI is InChI=1S/C17H17N5O/c23-17(19-10-14-6-8-18-9-7-14)21-16-11-20-22(13-16)12-15-4-2-1-3-5-15/h1-9,11,13H,10,12H2,(H2,19,21,23). The van der Waals surface area contributed by atoms with Crippen LogP contribution in [0.1, 0.15) is 11.1 Å². The Bertz CT molecular complexity index is 755. The maximum atomic E-state index is 11.9. The van der Waals surface area contributed by atoms with Crippen molar-refractivity contribution in [3.63, 3.8) is 0 Å². The summed E-state index contributed by atoms with van der Waals surface area (Å²) in [6.07, 6.45) is 6.83. The molecule has 0 saturated carbocycles. The molecule has 6 heteroatoms. The SMILES string of the molecule is O=C(NCc1ccncc1)Nc1cnn(Cc2ccccc2)c1. The minimum Gasteiger partial charge on any atom is -0.334 e. The van der Waals surface area contributed by atoms with E-state index < -0.39 is 0 Å². The molecule has 0 unspecified atom stereocenters. The average Bonchev–Trinajstić information content (AvgIpc) is 3.02. The van der Waals surface area contributed by atoms with E-state index in [1.807, 2.05) is 42.5 Å². The topological polar surface area (TPSA) is 71.8 Å². The second kappa shape index (κ2) is 7.22. The molecule has 0 fully saturated rings. The third-order valence-electron chi connectivity index (χ3n) is 3.28. The minimum absolute atomic E-state index is 0.263. The Labute approximate surface area is 134 Å².